The lowest BCUT2D eigenvalue weighted by Crippen LogP contribution is -2.00. The molecule has 0 aliphatic heterocycles. The van der Waals surface area contributed by atoms with Crippen molar-refractivity contribution in [3.05, 3.63) is 411 Å². The number of hydrogen-bond acceptors (Lipinski definition) is 12. The number of phenols is 2. The molecule has 0 spiro atoms. The third-order valence-electron chi connectivity index (χ3n) is 21.1. The molecular weight excluding hydrogens is 1550 g/mol. The Morgan fingerprint density at radius 1 is 0.320 bits per heavy atom. The van der Waals surface area contributed by atoms with E-state index in [1.54, 1.807) is 50.6 Å². The van der Waals surface area contributed by atoms with Gasteiger partial charge >= 0.3 is 5.97 Å². The van der Waals surface area contributed by atoms with Crippen LogP contribution in [0, 0.1) is 22.7 Å². The number of nitrogens with zero attached hydrogens (tertiary/aromatic N) is 12. The molecule has 616 valence electrons. The van der Waals surface area contributed by atoms with E-state index in [0.29, 0.717) is 11.3 Å². The minimum atomic E-state index is -1.09. The Labute approximate surface area is 726 Å². The second-order valence-corrected chi connectivity index (χ2v) is 28.7. The van der Waals surface area contributed by atoms with Gasteiger partial charge in [-0.05, 0) is 237 Å². The van der Waals surface area contributed by atoms with E-state index in [4.69, 9.17) is 14.6 Å². The van der Waals surface area contributed by atoms with Crippen molar-refractivity contribution < 1.29 is 29.6 Å². The zero-order valence-electron chi connectivity index (χ0n) is 66.6. The molecule has 0 fully saturated rings. The van der Waals surface area contributed by atoms with Crippen LogP contribution in [0.2, 0.25) is 0 Å². The molecule has 20 rings (SSSR count). The Balaban J connectivity index is 0.000000134. The van der Waals surface area contributed by atoms with E-state index in [-0.39, 0.29) is 44.9 Å². The summed E-state index contributed by atoms with van der Waals surface area (Å²) in [7, 11) is 3.26. The van der Waals surface area contributed by atoms with Crippen molar-refractivity contribution in [3.8, 4) is 108 Å². The quantitative estimate of drug-likeness (QED) is 0.0771. The van der Waals surface area contributed by atoms with Crippen LogP contribution >= 0.6 is 0 Å². The van der Waals surface area contributed by atoms with E-state index >= 15 is 0 Å². The van der Waals surface area contributed by atoms with Crippen molar-refractivity contribution in [2.75, 3.05) is 14.2 Å². The second kappa shape index (κ2) is 40.4. The van der Waals surface area contributed by atoms with Crippen molar-refractivity contribution in [1.29, 1.82) is 10.5 Å². The first-order valence-electron chi connectivity index (χ1n) is 39.6. The molecule has 5 aromatic heterocycles. The molecule has 0 bridgehead atoms. The van der Waals surface area contributed by atoms with Crippen LogP contribution in [0.4, 0.5) is 0 Å². The number of aromatic nitrogens is 10. The average Bonchev–Trinajstić information content (AvgIpc) is 1.69. The molecule has 0 aliphatic rings. The summed E-state index contributed by atoms with van der Waals surface area (Å²) in [6, 6.07) is 119. The number of aromatic carboxylic acids is 1. The number of carbonyl (C=O) groups is 1. The van der Waals surface area contributed by atoms with Crippen LogP contribution in [-0.2, 0) is 25.9 Å². The number of nitriles is 2. The molecular formula is C107H92N12O6. The molecule has 0 radical (unpaired) electrons. The van der Waals surface area contributed by atoms with Gasteiger partial charge in [-0.1, -0.05) is 216 Å². The normalized spacial score (nSPS) is 10.5. The molecule has 18 nitrogen and oxygen atoms in total. The molecule has 0 atom stereocenters. The molecule has 0 amide bonds. The van der Waals surface area contributed by atoms with Gasteiger partial charge in [0.2, 0.25) is 0 Å². The highest BCUT2D eigenvalue weighted by molar-refractivity contribution is 5.92. The Hall–Kier alpha value is -16.7. The predicted molar refractivity (Wildman–Crippen MR) is 503 cm³/mol. The van der Waals surface area contributed by atoms with E-state index in [2.05, 4.69) is 175 Å². The van der Waals surface area contributed by atoms with Gasteiger partial charge in [-0.3, -0.25) is 13.7 Å². The summed E-state index contributed by atoms with van der Waals surface area (Å²) >= 11 is 0. The SMILES string of the molecule is C.C.C.COc1ccc(-c2ccc(CCn3cnc4ccccc43)cc2)cc1C#N.COc1cccc(-c2ccc(-n3cnc4ccccc43)cc2)c1.N#Cc1cc(-c2ccc(CCn3cnc4ccccc43)cc2)ccc1C(=O)O.Oc1cccc(-c2cccc(-n3cnc4ccccc43)c2)c1.Oc1cccc(-c2cccc(-n3cnc4ccccc43)c2)c1. The second-order valence-electron chi connectivity index (χ2n) is 28.7. The summed E-state index contributed by atoms with van der Waals surface area (Å²) in [5.74, 6) is 0.926. The van der Waals surface area contributed by atoms with Gasteiger partial charge < -0.3 is 33.9 Å². The maximum Gasteiger partial charge on any atom is 0.337 e. The molecule has 15 aromatic carbocycles. The molecule has 18 heteroatoms. The number of imidazole rings is 5. The summed E-state index contributed by atoms with van der Waals surface area (Å²) in [5.41, 5.74) is 27.2. The lowest BCUT2D eigenvalue weighted by atomic mass is 9.98. The summed E-state index contributed by atoms with van der Waals surface area (Å²) < 4.78 is 21.1. The minimum absolute atomic E-state index is 0. The highest BCUT2D eigenvalue weighted by Gasteiger charge is 2.15. The first-order valence-corrected chi connectivity index (χ1v) is 39.6. The topological polar surface area (TPSA) is 233 Å². The molecule has 3 N–H and O–H groups in total. The smallest absolute Gasteiger partial charge is 0.337 e. The fraction of sp³-hybridized carbons (Fsp3) is 0.0841. The van der Waals surface area contributed by atoms with Crippen molar-refractivity contribution in [3.63, 3.8) is 0 Å². The molecule has 0 saturated heterocycles. The number of rotatable bonds is 17. The van der Waals surface area contributed by atoms with E-state index < -0.39 is 5.97 Å². The summed E-state index contributed by atoms with van der Waals surface area (Å²) in [6.45, 7) is 1.73. The number of carboxylic acid groups (broad SMARTS) is 1. The summed E-state index contributed by atoms with van der Waals surface area (Å²) in [4.78, 5) is 33.3. The largest absolute Gasteiger partial charge is 0.508 e. The molecule has 0 aliphatic carbocycles. The van der Waals surface area contributed by atoms with Crippen LogP contribution in [0.5, 0.6) is 23.0 Å². The zero-order valence-corrected chi connectivity index (χ0v) is 66.6. The monoisotopic (exact) mass is 1640 g/mol. The fourth-order valence-corrected chi connectivity index (χ4v) is 14.7. The number of aromatic hydroxyl groups is 2. The molecule has 0 saturated carbocycles. The van der Waals surface area contributed by atoms with Gasteiger partial charge in [-0.25, -0.2) is 29.7 Å². The van der Waals surface area contributed by atoms with Crippen LogP contribution < -0.4 is 9.47 Å². The lowest BCUT2D eigenvalue weighted by molar-refractivity contribution is 0.0696. The predicted octanol–water partition coefficient (Wildman–Crippen LogP) is 24.7. The van der Waals surface area contributed by atoms with Crippen molar-refractivity contribution in [2.24, 2.45) is 0 Å². The van der Waals surface area contributed by atoms with Crippen LogP contribution in [-0.4, -0.2) is 83.3 Å². The van der Waals surface area contributed by atoms with Crippen LogP contribution in [0.25, 0.3) is 128 Å². The van der Waals surface area contributed by atoms with Crippen LogP contribution in [0.3, 0.4) is 0 Å². The molecule has 125 heavy (non-hydrogen) atoms. The highest BCUT2D eigenvalue weighted by atomic mass is 16.5. The summed E-state index contributed by atoms with van der Waals surface area (Å²) in [6.07, 6.45) is 11.1. The Morgan fingerprint density at radius 3 is 1.06 bits per heavy atom. The maximum atomic E-state index is 11.2. The number of aryl methyl sites for hydroxylation is 4. The first-order chi connectivity index (χ1) is 59.9. The van der Waals surface area contributed by atoms with E-state index in [0.717, 1.165) is 160 Å². The Kier molecular flexibility index (Phi) is 27.8. The fourth-order valence-electron chi connectivity index (χ4n) is 14.7. The number of ether oxygens (including phenoxy) is 2. The van der Waals surface area contributed by atoms with E-state index in [9.17, 15) is 25.5 Å². The minimum Gasteiger partial charge on any atom is -0.508 e. The number of benzene rings is 15. The van der Waals surface area contributed by atoms with Crippen LogP contribution in [0.15, 0.2) is 383 Å². The van der Waals surface area contributed by atoms with Gasteiger partial charge in [0, 0.05) is 30.2 Å². The number of fused-ring (bicyclic) bond motifs is 5. The third kappa shape index (κ3) is 20.1. The number of hydrogen-bond donors (Lipinski definition) is 3. The Morgan fingerprint density at radius 2 is 0.656 bits per heavy atom. The standard InChI is InChI=1S/C23H17N3O2.C23H19N3O.C20H16N2O.2C19H14N2O.3CH4/c24-14-19-13-18(9-10-20(19)23(27)28)17-7-5-16(6-8-17)11-12-26-15-25-21-3-1-2-4-22(21)26;1-27-23-11-10-19(14-20(23)15-24)18-8-6-17(7-9-18)12-13-26-16-25-21-4-2-3-5-22(21)26;1-23-18-6-4-5-16(13-18)15-9-11-17(12-10-15)22-14-21-19-7-2-3-8-20(19)22;2*22-17-8-4-6-15(12-17)14-5-3-7-16(11-14)21-13-20-18-9-1-2-10-19(18)21;;;/h1-10,13,15H,11-12H2,(H,27,28);2-11,14,16H,12-13H2,1H3;2-14H,1H3;2*1-13,22H;3*1H4. The average molecular weight is 1640 g/mol. The number of methoxy groups -OCH3 is 2. The van der Waals surface area contributed by atoms with Crippen LogP contribution in [0.1, 0.15) is 54.9 Å². The van der Waals surface area contributed by atoms with E-state index in [1.165, 1.54) is 17.2 Å². The highest BCUT2D eigenvalue weighted by Crippen LogP contribution is 2.33. The zero-order chi connectivity index (χ0) is 83.7. The molecule has 5 heterocycles. The lowest BCUT2D eigenvalue weighted by Gasteiger charge is -2.08. The van der Waals surface area contributed by atoms with Gasteiger partial charge in [0.15, 0.2) is 0 Å². The van der Waals surface area contributed by atoms with Crippen molar-refractivity contribution >= 4 is 61.1 Å². The van der Waals surface area contributed by atoms with E-state index in [1.807, 2.05) is 226 Å². The van der Waals surface area contributed by atoms with Gasteiger partial charge in [-0.2, -0.15) is 10.5 Å². The molecule has 0 unspecified atom stereocenters. The van der Waals surface area contributed by atoms with Gasteiger partial charge in [-0.15, -0.1) is 0 Å². The number of phenolic OH excluding ortho intramolecular Hbond substituents is 2. The van der Waals surface area contributed by atoms with Gasteiger partial charge in [0.25, 0.3) is 0 Å². The maximum absolute atomic E-state index is 11.2. The summed E-state index contributed by atoms with van der Waals surface area (Å²) in [5, 5.41) is 46.9. The Bertz CT molecular complexity index is 7010. The number of para-hydroxylation sites is 10. The van der Waals surface area contributed by atoms with Crippen molar-refractivity contribution in [2.45, 2.75) is 48.2 Å². The van der Waals surface area contributed by atoms with Crippen molar-refractivity contribution in [1.82, 2.24) is 47.8 Å². The molecule has 20 aromatic rings. The first kappa shape index (κ1) is 86.2. The third-order valence-corrected chi connectivity index (χ3v) is 21.1. The van der Waals surface area contributed by atoms with Gasteiger partial charge in [0.1, 0.15) is 54.1 Å². The van der Waals surface area contributed by atoms with Gasteiger partial charge in [0.05, 0.1) is 98.7 Å². The number of carboxylic acids is 1.